The molecular formula is C15H19Cl2N3O2. The van der Waals surface area contributed by atoms with Crippen LogP contribution in [0.4, 0.5) is 5.69 Å². The van der Waals surface area contributed by atoms with Gasteiger partial charge in [0.05, 0.1) is 16.1 Å². The van der Waals surface area contributed by atoms with Crippen LogP contribution in [0.3, 0.4) is 0 Å². The van der Waals surface area contributed by atoms with Gasteiger partial charge in [-0.05, 0) is 30.5 Å². The monoisotopic (exact) mass is 343 g/mol. The SMILES string of the molecule is CC(C)[C@H](N)C(=O)NC1CCN(c2ccc(Cl)c(Cl)c2)C1=O. The molecule has 0 bridgehead atoms. The molecule has 2 atom stereocenters. The zero-order valence-corrected chi connectivity index (χ0v) is 14.0. The van der Waals surface area contributed by atoms with Crippen molar-refractivity contribution in [2.75, 3.05) is 11.4 Å². The molecule has 2 amide bonds. The quantitative estimate of drug-likeness (QED) is 0.879. The van der Waals surface area contributed by atoms with Gasteiger partial charge in [0, 0.05) is 12.2 Å². The first-order valence-electron chi connectivity index (χ1n) is 7.13. The Kier molecular flexibility index (Phi) is 5.32. The molecule has 1 unspecified atom stereocenters. The van der Waals surface area contributed by atoms with E-state index in [4.69, 9.17) is 28.9 Å². The molecule has 0 aromatic heterocycles. The van der Waals surface area contributed by atoms with Crippen molar-refractivity contribution in [1.82, 2.24) is 5.32 Å². The van der Waals surface area contributed by atoms with Crippen LogP contribution in [0.2, 0.25) is 10.0 Å². The van der Waals surface area contributed by atoms with E-state index >= 15 is 0 Å². The summed E-state index contributed by atoms with van der Waals surface area (Å²) in [5.41, 5.74) is 6.47. The molecule has 3 N–H and O–H groups in total. The Morgan fingerprint density at radius 1 is 1.36 bits per heavy atom. The van der Waals surface area contributed by atoms with Crippen molar-refractivity contribution in [3.63, 3.8) is 0 Å². The summed E-state index contributed by atoms with van der Waals surface area (Å²) in [7, 11) is 0. The predicted molar refractivity (Wildman–Crippen MR) is 88.2 cm³/mol. The molecule has 1 saturated heterocycles. The van der Waals surface area contributed by atoms with Crippen LogP contribution in [-0.2, 0) is 9.59 Å². The van der Waals surface area contributed by atoms with Gasteiger partial charge in [-0.1, -0.05) is 37.0 Å². The highest BCUT2D eigenvalue weighted by Crippen LogP contribution is 2.29. The number of nitrogens with one attached hydrogen (secondary N) is 1. The summed E-state index contributed by atoms with van der Waals surface area (Å²) in [5, 5.41) is 3.55. The minimum atomic E-state index is -0.619. The molecule has 0 saturated carbocycles. The van der Waals surface area contributed by atoms with Crippen molar-refractivity contribution >= 4 is 40.7 Å². The van der Waals surface area contributed by atoms with Crippen LogP contribution < -0.4 is 16.0 Å². The number of carbonyl (C=O) groups is 2. The van der Waals surface area contributed by atoms with Crippen molar-refractivity contribution in [3.8, 4) is 0 Å². The van der Waals surface area contributed by atoms with E-state index in [1.165, 1.54) is 0 Å². The molecular weight excluding hydrogens is 325 g/mol. The number of hydrogen-bond acceptors (Lipinski definition) is 3. The zero-order valence-electron chi connectivity index (χ0n) is 12.5. The molecule has 1 aromatic rings. The average molecular weight is 344 g/mol. The molecule has 1 fully saturated rings. The van der Waals surface area contributed by atoms with E-state index in [2.05, 4.69) is 5.32 Å². The summed E-state index contributed by atoms with van der Waals surface area (Å²) < 4.78 is 0. The highest BCUT2D eigenvalue weighted by atomic mass is 35.5. The third-order valence-electron chi connectivity index (χ3n) is 3.76. The van der Waals surface area contributed by atoms with Crippen molar-refractivity contribution in [2.45, 2.75) is 32.4 Å². The molecule has 0 radical (unpaired) electrons. The van der Waals surface area contributed by atoms with Crippen LogP contribution in [0, 0.1) is 5.92 Å². The number of hydrogen-bond donors (Lipinski definition) is 2. The highest BCUT2D eigenvalue weighted by molar-refractivity contribution is 6.42. The smallest absolute Gasteiger partial charge is 0.249 e. The van der Waals surface area contributed by atoms with Gasteiger partial charge in [0.25, 0.3) is 0 Å². The van der Waals surface area contributed by atoms with Gasteiger partial charge >= 0.3 is 0 Å². The molecule has 7 heteroatoms. The first kappa shape index (κ1) is 17.1. The fraction of sp³-hybridized carbons (Fsp3) is 0.467. The Hall–Kier alpha value is -1.30. The normalized spacial score (nSPS) is 19.6. The molecule has 1 aliphatic heterocycles. The fourth-order valence-electron chi connectivity index (χ4n) is 2.29. The summed E-state index contributed by atoms with van der Waals surface area (Å²) in [6, 6.07) is 3.85. The number of nitrogens with zero attached hydrogens (tertiary/aromatic N) is 1. The molecule has 1 aromatic carbocycles. The Balaban J connectivity index is 2.06. The molecule has 1 aliphatic rings. The van der Waals surface area contributed by atoms with E-state index in [-0.39, 0.29) is 17.7 Å². The van der Waals surface area contributed by atoms with Crippen LogP contribution in [0.5, 0.6) is 0 Å². The van der Waals surface area contributed by atoms with Crippen LogP contribution in [-0.4, -0.2) is 30.4 Å². The largest absolute Gasteiger partial charge is 0.343 e. The lowest BCUT2D eigenvalue weighted by Crippen LogP contribution is -2.50. The maximum absolute atomic E-state index is 12.4. The van der Waals surface area contributed by atoms with Crippen molar-refractivity contribution < 1.29 is 9.59 Å². The lowest BCUT2D eigenvalue weighted by atomic mass is 10.0. The maximum Gasteiger partial charge on any atom is 0.249 e. The van der Waals surface area contributed by atoms with Crippen molar-refractivity contribution in [2.24, 2.45) is 11.7 Å². The zero-order chi connectivity index (χ0) is 16.4. The second-order valence-electron chi connectivity index (χ2n) is 5.71. The van der Waals surface area contributed by atoms with E-state index < -0.39 is 12.1 Å². The Morgan fingerprint density at radius 3 is 2.64 bits per heavy atom. The van der Waals surface area contributed by atoms with Crippen molar-refractivity contribution in [3.05, 3.63) is 28.2 Å². The summed E-state index contributed by atoms with van der Waals surface area (Å²) in [6.07, 6.45) is 0.537. The first-order valence-corrected chi connectivity index (χ1v) is 7.89. The lowest BCUT2D eigenvalue weighted by molar-refractivity contribution is -0.127. The number of halogens is 2. The molecule has 0 spiro atoms. The third kappa shape index (κ3) is 3.54. The molecule has 2 rings (SSSR count). The van der Waals surface area contributed by atoms with Gasteiger partial charge in [0.15, 0.2) is 0 Å². The second kappa shape index (κ2) is 6.86. The maximum atomic E-state index is 12.4. The third-order valence-corrected chi connectivity index (χ3v) is 4.50. The first-order chi connectivity index (χ1) is 10.3. The number of benzene rings is 1. The topological polar surface area (TPSA) is 75.4 Å². The van der Waals surface area contributed by atoms with E-state index in [1.54, 1.807) is 23.1 Å². The second-order valence-corrected chi connectivity index (χ2v) is 6.52. The van der Waals surface area contributed by atoms with E-state index in [1.807, 2.05) is 13.8 Å². The minimum Gasteiger partial charge on any atom is -0.343 e. The van der Waals surface area contributed by atoms with Gasteiger partial charge in [-0.3, -0.25) is 9.59 Å². The number of rotatable bonds is 4. The summed E-state index contributed by atoms with van der Waals surface area (Å²) >= 11 is 11.9. The van der Waals surface area contributed by atoms with Crippen LogP contribution in [0.15, 0.2) is 18.2 Å². The lowest BCUT2D eigenvalue weighted by Gasteiger charge is -2.20. The summed E-state index contributed by atoms with van der Waals surface area (Å²) in [5.74, 6) is -0.449. The predicted octanol–water partition coefficient (Wildman–Crippen LogP) is 2.20. The number of anilines is 1. The molecule has 1 heterocycles. The van der Waals surface area contributed by atoms with E-state index in [0.717, 1.165) is 0 Å². The molecule has 5 nitrogen and oxygen atoms in total. The number of amides is 2. The van der Waals surface area contributed by atoms with Gasteiger partial charge in [-0.2, -0.15) is 0 Å². The van der Waals surface area contributed by atoms with Gasteiger partial charge in [0.2, 0.25) is 11.8 Å². The molecule has 0 aliphatic carbocycles. The van der Waals surface area contributed by atoms with Crippen LogP contribution >= 0.6 is 23.2 Å². The summed E-state index contributed by atoms with van der Waals surface area (Å²) in [4.78, 5) is 26.0. The molecule has 22 heavy (non-hydrogen) atoms. The van der Waals surface area contributed by atoms with E-state index in [9.17, 15) is 9.59 Å². The summed E-state index contributed by atoms with van der Waals surface area (Å²) in [6.45, 7) is 4.24. The number of carbonyl (C=O) groups excluding carboxylic acids is 2. The van der Waals surface area contributed by atoms with Crippen LogP contribution in [0.25, 0.3) is 0 Å². The Labute approximate surface area is 139 Å². The fourth-order valence-corrected chi connectivity index (χ4v) is 2.59. The van der Waals surface area contributed by atoms with Gasteiger partial charge in [0.1, 0.15) is 6.04 Å². The minimum absolute atomic E-state index is 0.0164. The Bertz CT molecular complexity index is 592. The van der Waals surface area contributed by atoms with Gasteiger partial charge < -0.3 is 16.0 Å². The van der Waals surface area contributed by atoms with Gasteiger partial charge in [-0.15, -0.1) is 0 Å². The molecule has 120 valence electrons. The average Bonchev–Trinajstić information content (AvgIpc) is 2.82. The number of nitrogens with two attached hydrogens (primary N) is 1. The van der Waals surface area contributed by atoms with Crippen LogP contribution in [0.1, 0.15) is 20.3 Å². The van der Waals surface area contributed by atoms with E-state index in [0.29, 0.717) is 28.7 Å². The Morgan fingerprint density at radius 2 is 2.05 bits per heavy atom. The van der Waals surface area contributed by atoms with Gasteiger partial charge in [-0.25, -0.2) is 0 Å². The standard InChI is InChI=1S/C15H19Cl2N3O2/c1-8(2)13(18)14(21)19-12-5-6-20(15(12)22)9-3-4-10(16)11(17)7-9/h3-4,7-8,12-13H,5-6,18H2,1-2H3,(H,19,21)/t12?,13-/m0/s1. The van der Waals surface area contributed by atoms with Crippen molar-refractivity contribution in [1.29, 1.82) is 0 Å². The highest BCUT2D eigenvalue weighted by Gasteiger charge is 2.34.